The van der Waals surface area contributed by atoms with Crippen molar-refractivity contribution in [1.82, 2.24) is 10.6 Å². The number of nitrogens with one attached hydrogen (secondary N) is 2. The van der Waals surface area contributed by atoms with Gasteiger partial charge in [-0.25, -0.2) is 9.59 Å². The number of rotatable bonds is 9. The van der Waals surface area contributed by atoms with Crippen LogP contribution in [-0.2, 0) is 47.6 Å². The van der Waals surface area contributed by atoms with Gasteiger partial charge in [0.2, 0.25) is 11.8 Å². The van der Waals surface area contributed by atoms with E-state index in [0.29, 0.717) is 0 Å². The van der Waals surface area contributed by atoms with E-state index in [1.807, 2.05) is 0 Å². The van der Waals surface area contributed by atoms with Crippen molar-refractivity contribution in [3.05, 3.63) is 0 Å². The molecule has 40 heavy (non-hydrogen) atoms. The summed E-state index contributed by atoms with van der Waals surface area (Å²) in [5.74, 6) is -6.05. The zero-order valence-electron chi connectivity index (χ0n) is 23.2. The second-order valence-corrected chi connectivity index (χ2v) is 9.11. The molecule has 2 amide bonds. The Labute approximate surface area is 230 Å². The molecule has 0 aromatic heterocycles. The van der Waals surface area contributed by atoms with Gasteiger partial charge < -0.3 is 64.6 Å². The first-order valence-corrected chi connectivity index (χ1v) is 12.1. The lowest BCUT2D eigenvalue weighted by Crippen LogP contribution is -2.67. The minimum absolute atomic E-state index is 0.0241. The quantitative estimate of drug-likeness (QED) is 0.127. The van der Waals surface area contributed by atoms with Crippen LogP contribution in [0.2, 0.25) is 0 Å². The summed E-state index contributed by atoms with van der Waals surface area (Å²) in [7, 11) is 4.74. The van der Waals surface area contributed by atoms with Crippen LogP contribution in [0.5, 0.6) is 0 Å². The van der Waals surface area contributed by atoms with Gasteiger partial charge in [-0.2, -0.15) is 0 Å². The van der Waals surface area contributed by atoms with Crippen LogP contribution in [0.25, 0.3) is 0 Å². The molecule has 17 heteroatoms. The number of aliphatic hydroxyl groups is 5. The van der Waals surface area contributed by atoms with Crippen molar-refractivity contribution in [3.63, 3.8) is 0 Å². The van der Waals surface area contributed by atoms with Crippen LogP contribution in [-0.4, -0.2) is 145 Å². The number of esters is 2. The molecule has 0 spiro atoms. The first-order valence-electron chi connectivity index (χ1n) is 12.1. The Morgan fingerprint density at radius 1 is 0.875 bits per heavy atom. The summed E-state index contributed by atoms with van der Waals surface area (Å²) in [5, 5.41) is 53.7. The molecule has 2 fully saturated rings. The van der Waals surface area contributed by atoms with Crippen LogP contribution in [0, 0.1) is 0 Å². The van der Waals surface area contributed by atoms with Crippen molar-refractivity contribution in [2.75, 3.05) is 41.7 Å². The van der Waals surface area contributed by atoms with E-state index in [0.717, 1.165) is 14.2 Å². The van der Waals surface area contributed by atoms with Gasteiger partial charge in [0.25, 0.3) is 11.6 Å². The first-order chi connectivity index (χ1) is 18.7. The van der Waals surface area contributed by atoms with Crippen molar-refractivity contribution in [3.8, 4) is 0 Å². The largest absolute Gasteiger partial charge is 0.465 e. The van der Waals surface area contributed by atoms with Gasteiger partial charge in [-0.1, -0.05) is 0 Å². The maximum Gasteiger partial charge on any atom is 0.366 e. The van der Waals surface area contributed by atoms with Gasteiger partial charge in [-0.3, -0.25) is 9.59 Å². The topological polar surface area (TPSA) is 249 Å². The lowest BCUT2D eigenvalue weighted by molar-refractivity contribution is -0.305. The zero-order chi connectivity index (χ0) is 30.8. The maximum atomic E-state index is 11.9. The van der Waals surface area contributed by atoms with Crippen LogP contribution in [0.4, 0.5) is 0 Å². The van der Waals surface area contributed by atoms with Crippen LogP contribution >= 0.6 is 0 Å². The Kier molecular flexibility index (Phi) is 13.8. The summed E-state index contributed by atoms with van der Waals surface area (Å²) in [5.41, 5.74) is 0. The molecule has 0 radical (unpaired) electrons. The van der Waals surface area contributed by atoms with Gasteiger partial charge >= 0.3 is 11.9 Å². The Hall–Kier alpha value is -2.48. The van der Waals surface area contributed by atoms with E-state index < -0.39 is 78.6 Å². The Bertz CT molecular complexity index is 875. The Morgan fingerprint density at radius 2 is 1.38 bits per heavy atom. The molecular formula is C23H40N2O15. The summed E-state index contributed by atoms with van der Waals surface area (Å²) in [6.07, 6.45) is -7.48. The fraction of sp³-hybridized carbons (Fsp3) is 0.826. The third kappa shape index (κ3) is 8.51. The van der Waals surface area contributed by atoms with Crippen molar-refractivity contribution in [1.29, 1.82) is 0 Å². The molecule has 7 N–H and O–H groups in total. The van der Waals surface area contributed by atoms with Crippen molar-refractivity contribution >= 4 is 23.8 Å². The summed E-state index contributed by atoms with van der Waals surface area (Å²) in [6.45, 7) is 1.72. The van der Waals surface area contributed by atoms with Crippen LogP contribution in [0.1, 0.15) is 26.7 Å². The molecule has 232 valence electrons. The van der Waals surface area contributed by atoms with E-state index in [2.05, 4.69) is 20.1 Å². The number of carbonyl (C=O) groups is 4. The fourth-order valence-corrected chi connectivity index (χ4v) is 4.22. The molecule has 0 bridgehead atoms. The molecule has 2 aliphatic heterocycles. The second-order valence-electron chi connectivity index (χ2n) is 9.11. The first kappa shape index (κ1) is 35.5. The Morgan fingerprint density at radius 3 is 1.80 bits per heavy atom. The molecule has 17 nitrogen and oxygen atoms in total. The van der Waals surface area contributed by atoms with E-state index >= 15 is 0 Å². The normalized spacial score (nSPS) is 33.3. The number of hydrogen-bond acceptors (Lipinski definition) is 15. The third-order valence-electron chi connectivity index (χ3n) is 6.34. The lowest BCUT2D eigenvalue weighted by Gasteiger charge is -2.46. The second kappa shape index (κ2) is 15.5. The third-order valence-corrected chi connectivity index (χ3v) is 6.34. The van der Waals surface area contributed by atoms with Crippen LogP contribution < -0.4 is 10.6 Å². The molecule has 9 atom stereocenters. The zero-order valence-corrected chi connectivity index (χ0v) is 23.2. The molecule has 0 saturated carbocycles. The number of hydrogen-bond donors (Lipinski definition) is 7. The average molecular weight is 585 g/mol. The highest BCUT2D eigenvalue weighted by Gasteiger charge is 2.55. The molecule has 0 aromatic carbocycles. The van der Waals surface area contributed by atoms with Gasteiger partial charge in [0.05, 0.1) is 51.7 Å². The number of amides is 2. The van der Waals surface area contributed by atoms with Gasteiger partial charge in [0.1, 0.15) is 18.3 Å². The summed E-state index contributed by atoms with van der Waals surface area (Å²) in [6, 6.07) is -1.68. The highest BCUT2D eigenvalue weighted by Crippen LogP contribution is 2.33. The summed E-state index contributed by atoms with van der Waals surface area (Å²) >= 11 is 0. The predicted octanol–water partition coefficient (Wildman–Crippen LogP) is -4.34. The monoisotopic (exact) mass is 584 g/mol. The van der Waals surface area contributed by atoms with Gasteiger partial charge in [0, 0.05) is 40.9 Å². The smallest absolute Gasteiger partial charge is 0.366 e. The molecular weight excluding hydrogens is 544 g/mol. The van der Waals surface area contributed by atoms with Crippen LogP contribution in [0.3, 0.4) is 0 Å². The van der Waals surface area contributed by atoms with Crippen molar-refractivity contribution < 1.29 is 73.1 Å². The summed E-state index contributed by atoms with van der Waals surface area (Å²) in [4.78, 5) is 45.6. The number of carbonyl (C=O) groups excluding carboxylic acids is 4. The van der Waals surface area contributed by atoms with Gasteiger partial charge in [0.15, 0.2) is 0 Å². The molecule has 2 aliphatic rings. The highest BCUT2D eigenvalue weighted by molar-refractivity contribution is 5.79. The van der Waals surface area contributed by atoms with E-state index in [9.17, 15) is 39.6 Å². The van der Waals surface area contributed by atoms with E-state index in [-0.39, 0.29) is 25.4 Å². The molecule has 2 heterocycles. The fourth-order valence-electron chi connectivity index (χ4n) is 4.22. The molecule has 2 saturated heterocycles. The van der Waals surface area contributed by atoms with E-state index in [1.165, 1.54) is 28.1 Å². The van der Waals surface area contributed by atoms with E-state index in [4.69, 9.17) is 24.1 Å². The minimum Gasteiger partial charge on any atom is -0.465 e. The van der Waals surface area contributed by atoms with E-state index in [1.54, 1.807) is 0 Å². The molecule has 0 aromatic rings. The lowest BCUT2D eigenvalue weighted by atomic mass is 9.88. The molecule has 2 rings (SSSR count). The predicted molar refractivity (Wildman–Crippen MR) is 130 cm³/mol. The standard InChI is InChI=1S/C13H23NO9.C10H17NO6/c1-6(16)14-9-7(17)4-13(22-3,12(20)21-2)23-11(9)10(19)8(18)5-15;1-6(12)11-7-5-17-10(16-3,4-8(7)13)9(14)15-2/h7-11,15,17-19H,4-5H2,1-3H3,(H,14,16);7-8,13H,4-5H2,1-3H3,(H,11,12). The highest BCUT2D eigenvalue weighted by atomic mass is 16.7. The van der Waals surface area contributed by atoms with Crippen molar-refractivity contribution in [2.45, 2.75) is 80.9 Å². The minimum atomic E-state index is -2.01. The van der Waals surface area contributed by atoms with Crippen LogP contribution in [0.15, 0.2) is 0 Å². The summed E-state index contributed by atoms with van der Waals surface area (Å²) < 4.78 is 29.9. The average Bonchev–Trinajstić information content (AvgIpc) is 2.93. The molecule has 0 aliphatic carbocycles. The van der Waals surface area contributed by atoms with Crippen molar-refractivity contribution in [2.24, 2.45) is 0 Å². The number of ether oxygens (including phenoxy) is 6. The number of aliphatic hydroxyl groups excluding tert-OH is 5. The number of methoxy groups -OCH3 is 4. The van der Waals surface area contributed by atoms with Gasteiger partial charge in [-0.15, -0.1) is 0 Å². The Balaban J connectivity index is 0.000000418. The maximum absolute atomic E-state index is 11.9. The SMILES string of the molecule is COC(=O)C1(OC)CC(O)C(NC(C)=O)C(C(O)C(O)CO)O1.COC(=O)C1(OC)CC(O)C(NC(C)=O)CO1. The molecule has 9 unspecified atom stereocenters. The van der Waals surface area contributed by atoms with Gasteiger partial charge in [-0.05, 0) is 0 Å².